The van der Waals surface area contributed by atoms with Crippen LogP contribution in [0.1, 0.15) is 33.3 Å². The molecule has 3 heterocycles. The Hall–Kier alpha value is -4.78. The van der Waals surface area contributed by atoms with Crippen LogP contribution in [0.5, 0.6) is 17.2 Å². The summed E-state index contributed by atoms with van der Waals surface area (Å²) in [5, 5.41) is 43.6. The summed E-state index contributed by atoms with van der Waals surface area (Å²) in [6, 6.07) is 9.52. The lowest BCUT2D eigenvalue weighted by Gasteiger charge is -2.28. The SMILES string of the molecule is CC(C)(O)[C@H](O)COc1c(O)c(C=CC(=O)O[C@H](COc2c3occc3cc3ccc(=O)oc23)C(C)(C)O)cc2ccoc12. The van der Waals surface area contributed by atoms with Crippen molar-refractivity contribution in [3.8, 4) is 17.2 Å². The molecule has 0 fully saturated rings. The molecule has 0 aliphatic rings. The highest BCUT2D eigenvalue weighted by Crippen LogP contribution is 2.40. The molecule has 5 aromatic rings. The molecule has 2 aromatic carbocycles. The molecule has 0 spiro atoms. The third kappa shape index (κ3) is 6.42. The lowest BCUT2D eigenvalue weighted by molar-refractivity contribution is -0.159. The van der Waals surface area contributed by atoms with Gasteiger partial charge in [0.15, 0.2) is 28.6 Å². The molecule has 12 nitrogen and oxygen atoms in total. The summed E-state index contributed by atoms with van der Waals surface area (Å²) in [4.78, 5) is 24.8. The summed E-state index contributed by atoms with van der Waals surface area (Å²) in [5.74, 6) is -1.21. The maximum absolute atomic E-state index is 12.9. The van der Waals surface area contributed by atoms with E-state index < -0.39 is 35.0 Å². The van der Waals surface area contributed by atoms with Crippen molar-refractivity contribution in [2.45, 2.75) is 51.1 Å². The van der Waals surface area contributed by atoms with Crippen LogP contribution in [0.4, 0.5) is 0 Å². The molecular weight excluding hydrogens is 576 g/mol. The minimum Gasteiger partial charge on any atom is -0.504 e. The molecule has 44 heavy (non-hydrogen) atoms. The summed E-state index contributed by atoms with van der Waals surface area (Å²) in [6.07, 6.45) is 2.72. The van der Waals surface area contributed by atoms with Gasteiger partial charge in [-0.05, 0) is 64.1 Å². The number of phenols is 1. The Bertz CT molecular complexity index is 1890. The van der Waals surface area contributed by atoms with Crippen molar-refractivity contribution >= 4 is 45.0 Å². The van der Waals surface area contributed by atoms with Crippen molar-refractivity contribution < 1.29 is 52.7 Å². The number of aromatic hydroxyl groups is 1. The summed E-state index contributed by atoms with van der Waals surface area (Å²) < 4.78 is 33.4. The van der Waals surface area contributed by atoms with Gasteiger partial charge in [-0.15, -0.1) is 0 Å². The zero-order valence-corrected chi connectivity index (χ0v) is 24.4. The number of phenolic OH excluding ortho intramolecular Hbond substituents is 1. The van der Waals surface area contributed by atoms with Crippen molar-refractivity contribution in [1.82, 2.24) is 0 Å². The Labute approximate surface area is 250 Å². The number of carbonyl (C=O) groups is 1. The van der Waals surface area contributed by atoms with E-state index in [0.717, 1.165) is 6.08 Å². The molecule has 0 radical (unpaired) electrons. The molecule has 0 amide bonds. The van der Waals surface area contributed by atoms with Crippen molar-refractivity contribution in [1.29, 1.82) is 0 Å². The number of esters is 1. The monoisotopic (exact) mass is 608 g/mol. The molecule has 0 saturated carbocycles. The van der Waals surface area contributed by atoms with Crippen LogP contribution in [-0.4, -0.2) is 63.0 Å². The third-order valence-electron chi connectivity index (χ3n) is 7.01. The molecular formula is C32H32O12. The van der Waals surface area contributed by atoms with Crippen LogP contribution in [-0.2, 0) is 9.53 Å². The molecule has 232 valence electrons. The minimum absolute atomic E-state index is 0.0856. The average Bonchev–Trinajstić information content (AvgIpc) is 3.61. The first-order valence-corrected chi connectivity index (χ1v) is 13.7. The smallest absolute Gasteiger partial charge is 0.336 e. The molecule has 0 aliphatic heterocycles. The Morgan fingerprint density at radius 3 is 2.14 bits per heavy atom. The molecule has 2 atom stereocenters. The van der Waals surface area contributed by atoms with Gasteiger partial charge < -0.3 is 47.9 Å². The molecule has 3 aromatic heterocycles. The van der Waals surface area contributed by atoms with Gasteiger partial charge in [-0.1, -0.05) is 0 Å². The van der Waals surface area contributed by atoms with E-state index >= 15 is 0 Å². The second kappa shape index (κ2) is 11.7. The second-order valence-electron chi connectivity index (χ2n) is 11.4. The molecule has 5 rings (SSSR count). The van der Waals surface area contributed by atoms with Gasteiger partial charge in [0.05, 0.1) is 23.7 Å². The highest BCUT2D eigenvalue weighted by molar-refractivity contribution is 6.00. The Balaban J connectivity index is 1.36. The normalized spacial score (nSPS) is 14.0. The fourth-order valence-corrected chi connectivity index (χ4v) is 4.33. The Kier molecular flexibility index (Phi) is 8.17. The number of hydrogen-bond donors (Lipinski definition) is 4. The van der Waals surface area contributed by atoms with E-state index in [0.29, 0.717) is 21.7 Å². The number of aliphatic hydroxyl groups excluding tert-OH is 1. The standard InChI is InChI=1S/C32H32O12/c1-31(2,37)21(33)15-41-29-25(36)17(13-19-9-11-39-26(19)29)5-7-23(34)43-22(32(3,4)38)16-42-30-27-20(10-12-40-27)14-18-6-8-24(35)44-28(18)30/h5-14,21-22,33,36-38H,15-16H2,1-4H3/t21-,22-/m1/s1. The highest BCUT2D eigenvalue weighted by atomic mass is 16.6. The number of furan rings is 2. The topological polar surface area (TPSA) is 182 Å². The van der Waals surface area contributed by atoms with Crippen LogP contribution in [0.3, 0.4) is 0 Å². The predicted molar refractivity (Wildman–Crippen MR) is 159 cm³/mol. The average molecular weight is 609 g/mol. The number of hydrogen-bond acceptors (Lipinski definition) is 12. The summed E-state index contributed by atoms with van der Waals surface area (Å²) in [7, 11) is 0. The van der Waals surface area contributed by atoms with Gasteiger partial charge in [0.1, 0.15) is 19.3 Å². The molecule has 0 bridgehead atoms. The minimum atomic E-state index is -1.56. The van der Waals surface area contributed by atoms with E-state index in [9.17, 15) is 30.0 Å². The predicted octanol–water partition coefficient (Wildman–Crippen LogP) is 4.28. The van der Waals surface area contributed by atoms with Crippen molar-refractivity contribution in [3.63, 3.8) is 0 Å². The maximum atomic E-state index is 12.9. The zero-order valence-electron chi connectivity index (χ0n) is 24.4. The van der Waals surface area contributed by atoms with E-state index in [1.165, 1.54) is 52.4 Å². The van der Waals surface area contributed by atoms with Crippen LogP contribution < -0.4 is 15.1 Å². The van der Waals surface area contributed by atoms with E-state index in [1.807, 2.05) is 0 Å². The lowest BCUT2D eigenvalue weighted by atomic mass is 10.0. The van der Waals surface area contributed by atoms with Crippen molar-refractivity contribution in [2.24, 2.45) is 0 Å². The van der Waals surface area contributed by atoms with E-state index in [-0.39, 0.29) is 47.2 Å². The molecule has 12 heteroatoms. The molecule has 0 unspecified atom stereocenters. The number of fused-ring (bicyclic) bond motifs is 3. The van der Waals surface area contributed by atoms with Crippen LogP contribution >= 0.6 is 0 Å². The summed E-state index contributed by atoms with van der Waals surface area (Å²) in [6.45, 7) is 5.03. The van der Waals surface area contributed by atoms with E-state index in [4.69, 9.17) is 27.5 Å². The van der Waals surface area contributed by atoms with Gasteiger partial charge in [0, 0.05) is 33.9 Å². The Morgan fingerprint density at radius 2 is 1.48 bits per heavy atom. The largest absolute Gasteiger partial charge is 0.504 e. The van der Waals surface area contributed by atoms with Gasteiger partial charge in [-0.2, -0.15) is 0 Å². The maximum Gasteiger partial charge on any atom is 0.336 e. The quantitative estimate of drug-likeness (QED) is 0.0950. The fourth-order valence-electron chi connectivity index (χ4n) is 4.33. The summed E-state index contributed by atoms with van der Waals surface area (Å²) in [5.41, 5.74) is -2.78. The molecule has 0 aliphatic carbocycles. The lowest BCUT2D eigenvalue weighted by Crippen LogP contribution is -2.43. The third-order valence-corrected chi connectivity index (χ3v) is 7.01. The van der Waals surface area contributed by atoms with Crippen LogP contribution in [0, 0.1) is 0 Å². The first kappa shape index (κ1) is 30.7. The summed E-state index contributed by atoms with van der Waals surface area (Å²) >= 11 is 0. The van der Waals surface area contributed by atoms with Gasteiger partial charge in [-0.3, -0.25) is 0 Å². The number of ether oxygens (including phenoxy) is 3. The second-order valence-corrected chi connectivity index (χ2v) is 11.4. The molecule has 4 N–H and O–H groups in total. The van der Waals surface area contributed by atoms with Gasteiger partial charge >= 0.3 is 11.6 Å². The van der Waals surface area contributed by atoms with Gasteiger partial charge in [0.25, 0.3) is 0 Å². The number of carbonyl (C=O) groups excluding carboxylic acids is 1. The van der Waals surface area contributed by atoms with Crippen LogP contribution in [0.2, 0.25) is 0 Å². The first-order chi connectivity index (χ1) is 20.7. The van der Waals surface area contributed by atoms with E-state index in [2.05, 4.69) is 0 Å². The van der Waals surface area contributed by atoms with Gasteiger partial charge in [-0.25, -0.2) is 9.59 Å². The fraction of sp³-hybridized carbons (Fsp3) is 0.312. The zero-order chi connectivity index (χ0) is 31.8. The number of rotatable bonds is 11. The van der Waals surface area contributed by atoms with Crippen molar-refractivity contribution in [3.05, 3.63) is 71.0 Å². The number of benzene rings is 2. The first-order valence-electron chi connectivity index (χ1n) is 13.7. The molecule has 0 saturated heterocycles. The van der Waals surface area contributed by atoms with Gasteiger partial charge in [0.2, 0.25) is 11.5 Å². The number of aliphatic hydroxyl groups is 3. The van der Waals surface area contributed by atoms with Crippen molar-refractivity contribution in [2.75, 3.05) is 13.2 Å². The van der Waals surface area contributed by atoms with E-state index in [1.54, 1.807) is 30.3 Å². The van der Waals surface area contributed by atoms with Crippen LogP contribution in [0.15, 0.2) is 73.0 Å². The van der Waals surface area contributed by atoms with Crippen LogP contribution in [0.25, 0.3) is 39.0 Å². The Morgan fingerprint density at radius 1 is 0.864 bits per heavy atom. The highest BCUT2D eigenvalue weighted by Gasteiger charge is 2.32.